The van der Waals surface area contributed by atoms with Gasteiger partial charge in [-0.15, -0.1) is 11.3 Å². The van der Waals surface area contributed by atoms with E-state index in [2.05, 4.69) is 10.3 Å². The highest BCUT2D eigenvalue weighted by molar-refractivity contribution is 7.15. The van der Waals surface area contributed by atoms with Crippen LogP contribution >= 0.6 is 11.3 Å². The average molecular weight is 390 g/mol. The second kappa shape index (κ2) is 7.50. The first-order valence-electron chi connectivity index (χ1n) is 8.36. The number of nitrogens with one attached hydrogen (secondary N) is 1. The Morgan fingerprint density at radius 1 is 1.04 bits per heavy atom. The largest absolute Gasteiger partial charge is 0.478 e. The molecular formula is C21H14N2O4S. The zero-order valence-electron chi connectivity index (χ0n) is 14.5. The Hall–Kier alpha value is -3.71. The van der Waals surface area contributed by atoms with Gasteiger partial charge in [-0.3, -0.25) is 4.79 Å². The van der Waals surface area contributed by atoms with Crippen molar-refractivity contribution in [2.24, 2.45) is 0 Å². The molecule has 138 valence electrons. The molecule has 0 saturated carbocycles. The fourth-order valence-corrected chi connectivity index (χ4v) is 3.60. The summed E-state index contributed by atoms with van der Waals surface area (Å²) in [4.78, 5) is 28.4. The van der Waals surface area contributed by atoms with Gasteiger partial charge >= 0.3 is 11.9 Å². The normalized spacial score (nSPS) is 11.1. The Kier molecular flexibility index (Phi) is 4.74. The molecule has 0 bridgehead atoms. The summed E-state index contributed by atoms with van der Waals surface area (Å²) in [5.41, 5.74) is 2.53. The van der Waals surface area contributed by atoms with Gasteiger partial charge in [-0.2, -0.15) is 0 Å². The molecular weight excluding hydrogens is 376 g/mol. The molecule has 0 aliphatic rings. The zero-order valence-corrected chi connectivity index (χ0v) is 15.3. The van der Waals surface area contributed by atoms with Gasteiger partial charge in [0.1, 0.15) is 16.1 Å². The molecule has 2 aromatic carbocycles. The highest BCUT2D eigenvalue weighted by atomic mass is 32.1. The van der Waals surface area contributed by atoms with E-state index in [-0.39, 0.29) is 16.5 Å². The van der Waals surface area contributed by atoms with E-state index in [1.165, 1.54) is 0 Å². The number of carbonyl (C=O) groups is 2. The Labute approximate surface area is 163 Å². The molecule has 0 saturated heterocycles. The first-order chi connectivity index (χ1) is 13.6. The average Bonchev–Trinajstić information content (AvgIpc) is 3.31. The van der Waals surface area contributed by atoms with E-state index in [0.29, 0.717) is 16.7 Å². The lowest BCUT2D eigenvalue weighted by Gasteiger charge is -2.02. The third-order valence-corrected chi connectivity index (χ3v) is 4.92. The zero-order chi connectivity index (χ0) is 19.5. The highest BCUT2D eigenvalue weighted by Crippen LogP contribution is 2.30. The van der Waals surface area contributed by atoms with Crippen molar-refractivity contribution < 1.29 is 19.1 Å². The minimum Gasteiger partial charge on any atom is -0.478 e. The van der Waals surface area contributed by atoms with Crippen LogP contribution in [0.1, 0.15) is 32.2 Å². The minimum atomic E-state index is -1.12. The molecule has 2 aromatic heterocycles. The molecule has 0 unspecified atom stereocenters. The maximum Gasteiger partial charge on any atom is 0.339 e. The summed E-state index contributed by atoms with van der Waals surface area (Å²) in [5.74, 6) is -1.84. The molecule has 2 N–H and O–H groups in total. The van der Waals surface area contributed by atoms with Crippen molar-refractivity contribution in [3.8, 4) is 0 Å². The Morgan fingerprint density at radius 3 is 2.54 bits per heavy atom. The van der Waals surface area contributed by atoms with Crippen LogP contribution in [-0.2, 0) is 0 Å². The summed E-state index contributed by atoms with van der Waals surface area (Å²) < 4.78 is 5.43. The molecule has 2 heterocycles. The number of carboxylic acid groups (broad SMARTS) is 1. The van der Waals surface area contributed by atoms with E-state index in [1.54, 1.807) is 35.7 Å². The van der Waals surface area contributed by atoms with Crippen LogP contribution in [0.5, 0.6) is 0 Å². The van der Waals surface area contributed by atoms with E-state index in [1.807, 2.05) is 36.4 Å². The number of amides is 1. The van der Waals surface area contributed by atoms with E-state index < -0.39 is 11.9 Å². The summed E-state index contributed by atoms with van der Waals surface area (Å²) in [5, 5.41) is 14.1. The molecule has 0 fully saturated rings. The summed E-state index contributed by atoms with van der Waals surface area (Å²) in [6.45, 7) is 0. The van der Waals surface area contributed by atoms with Crippen molar-refractivity contribution in [1.82, 2.24) is 4.98 Å². The number of anilines is 1. The summed E-state index contributed by atoms with van der Waals surface area (Å²) >= 11 is 1.14. The fourth-order valence-electron chi connectivity index (χ4n) is 2.68. The number of carbonyl (C=O) groups excluding carboxylic acids is 1. The van der Waals surface area contributed by atoms with E-state index in [0.717, 1.165) is 16.9 Å². The molecule has 28 heavy (non-hydrogen) atoms. The van der Waals surface area contributed by atoms with Gasteiger partial charge in [0.25, 0.3) is 5.89 Å². The lowest BCUT2D eigenvalue weighted by Crippen LogP contribution is -2.13. The molecule has 0 radical (unpaired) electrons. The quantitative estimate of drug-likeness (QED) is 0.500. The second-order valence-electron chi connectivity index (χ2n) is 5.89. The predicted molar refractivity (Wildman–Crippen MR) is 109 cm³/mol. The fraction of sp³-hybridized carbons (Fsp3) is 0. The number of carboxylic acids is 1. The second-order valence-corrected chi connectivity index (χ2v) is 6.76. The van der Waals surface area contributed by atoms with E-state index in [9.17, 15) is 14.7 Å². The number of thiophene rings is 1. The highest BCUT2D eigenvalue weighted by Gasteiger charge is 2.21. The van der Waals surface area contributed by atoms with Gasteiger partial charge in [0.2, 0.25) is 0 Å². The van der Waals surface area contributed by atoms with Crippen molar-refractivity contribution in [3.05, 3.63) is 82.6 Å². The van der Waals surface area contributed by atoms with Crippen LogP contribution in [0, 0.1) is 0 Å². The third-order valence-electron chi connectivity index (χ3n) is 4.00. The topological polar surface area (TPSA) is 92.4 Å². The van der Waals surface area contributed by atoms with Crippen molar-refractivity contribution in [3.63, 3.8) is 0 Å². The van der Waals surface area contributed by atoms with Gasteiger partial charge < -0.3 is 14.8 Å². The van der Waals surface area contributed by atoms with E-state index >= 15 is 0 Å². The van der Waals surface area contributed by atoms with Crippen LogP contribution < -0.4 is 5.32 Å². The lowest BCUT2D eigenvalue weighted by atomic mass is 10.1. The molecule has 1 amide bonds. The van der Waals surface area contributed by atoms with Crippen molar-refractivity contribution in [2.75, 3.05) is 5.32 Å². The van der Waals surface area contributed by atoms with Crippen LogP contribution in [0.3, 0.4) is 0 Å². The Morgan fingerprint density at radius 2 is 1.79 bits per heavy atom. The third kappa shape index (κ3) is 3.56. The van der Waals surface area contributed by atoms with Gasteiger partial charge in [-0.1, -0.05) is 54.6 Å². The lowest BCUT2D eigenvalue weighted by molar-refractivity contribution is 0.0698. The number of para-hydroxylation sites is 2. The number of oxazole rings is 1. The van der Waals surface area contributed by atoms with Gasteiger partial charge in [-0.05, 0) is 17.7 Å². The maximum atomic E-state index is 12.5. The number of aromatic carboxylic acids is 1. The number of aromatic nitrogens is 1. The molecule has 4 aromatic rings. The molecule has 7 heteroatoms. The van der Waals surface area contributed by atoms with Crippen molar-refractivity contribution >= 4 is 51.5 Å². The van der Waals surface area contributed by atoms with Gasteiger partial charge in [-0.25, -0.2) is 9.78 Å². The molecule has 4 rings (SSSR count). The Bertz CT molecular complexity index is 1160. The smallest absolute Gasteiger partial charge is 0.339 e. The minimum absolute atomic E-state index is 0.0293. The molecule has 0 aliphatic carbocycles. The van der Waals surface area contributed by atoms with Crippen LogP contribution in [-0.4, -0.2) is 22.0 Å². The van der Waals surface area contributed by atoms with E-state index in [4.69, 9.17) is 4.42 Å². The maximum absolute atomic E-state index is 12.5. The first kappa shape index (κ1) is 17.7. The van der Waals surface area contributed by atoms with Gasteiger partial charge in [0, 0.05) is 10.9 Å². The molecule has 0 spiro atoms. The van der Waals surface area contributed by atoms with Crippen molar-refractivity contribution in [2.45, 2.75) is 0 Å². The molecule has 6 nitrogen and oxygen atoms in total. The number of hydrogen-bond donors (Lipinski definition) is 2. The van der Waals surface area contributed by atoms with Gasteiger partial charge in [0.05, 0.1) is 0 Å². The number of benzene rings is 2. The van der Waals surface area contributed by atoms with Crippen LogP contribution in [0.2, 0.25) is 0 Å². The predicted octanol–water partition coefficient (Wildman–Crippen LogP) is 5.01. The molecule has 0 aliphatic heterocycles. The summed E-state index contributed by atoms with van der Waals surface area (Å²) in [6, 6.07) is 16.6. The summed E-state index contributed by atoms with van der Waals surface area (Å²) in [7, 11) is 0. The standard InChI is InChI=1S/C21H14N2O4S/c24-18(19-22-15-8-4-5-9-16(15)27-19)23-20-17(21(25)26)14(12-28-20)11-10-13-6-2-1-3-7-13/h1-12H,(H,23,24)(H,25,26)/b11-10+. The van der Waals surface area contributed by atoms with Crippen LogP contribution in [0.25, 0.3) is 23.3 Å². The number of fused-ring (bicyclic) bond motifs is 1. The Balaban J connectivity index is 1.61. The monoisotopic (exact) mass is 390 g/mol. The number of hydrogen-bond acceptors (Lipinski definition) is 5. The van der Waals surface area contributed by atoms with Gasteiger partial charge in [0.15, 0.2) is 5.58 Å². The number of nitrogens with zero attached hydrogens (tertiary/aromatic N) is 1. The van der Waals surface area contributed by atoms with Crippen LogP contribution in [0.4, 0.5) is 5.00 Å². The summed E-state index contributed by atoms with van der Waals surface area (Å²) in [6.07, 6.45) is 3.53. The number of rotatable bonds is 5. The van der Waals surface area contributed by atoms with Crippen LogP contribution in [0.15, 0.2) is 64.4 Å². The molecule has 0 atom stereocenters. The van der Waals surface area contributed by atoms with Crippen molar-refractivity contribution in [1.29, 1.82) is 0 Å². The first-order valence-corrected chi connectivity index (χ1v) is 9.24. The SMILES string of the molecule is O=C(Nc1scc(/C=C/c2ccccc2)c1C(=O)O)c1nc2ccccc2o1.